The maximum Gasteiger partial charge on any atom is 0.277 e. The Kier molecular flexibility index (Phi) is 7.94. The minimum absolute atomic E-state index is 0.0406. The Balaban J connectivity index is 1.51. The fourth-order valence-electron chi connectivity index (χ4n) is 2.70. The quantitative estimate of drug-likeness (QED) is 0.390. The van der Waals surface area contributed by atoms with Gasteiger partial charge in [-0.2, -0.15) is 0 Å². The highest BCUT2D eigenvalue weighted by atomic mass is 35.5. The molecule has 3 rings (SSSR count). The van der Waals surface area contributed by atoms with Crippen LogP contribution in [-0.2, 0) is 13.2 Å². The molecule has 0 fully saturated rings. The van der Waals surface area contributed by atoms with Gasteiger partial charge in [0.25, 0.3) is 5.91 Å². The first kappa shape index (κ1) is 22.7. The summed E-state index contributed by atoms with van der Waals surface area (Å²) in [5.41, 5.74) is 7.19. The molecular formula is C20H21Cl2N5O4. The normalized spacial score (nSPS) is 10.7. The van der Waals surface area contributed by atoms with Gasteiger partial charge >= 0.3 is 0 Å². The Morgan fingerprint density at radius 3 is 2.71 bits per heavy atom. The molecule has 0 bridgehead atoms. The van der Waals surface area contributed by atoms with Gasteiger partial charge in [0.2, 0.25) is 11.5 Å². The molecule has 2 aromatic carbocycles. The first-order valence-electron chi connectivity index (χ1n) is 9.28. The number of amides is 1. The zero-order valence-corrected chi connectivity index (χ0v) is 18.2. The smallest absolute Gasteiger partial charge is 0.277 e. The van der Waals surface area contributed by atoms with Gasteiger partial charge < -0.3 is 25.8 Å². The van der Waals surface area contributed by atoms with Crippen LogP contribution in [0, 0.1) is 0 Å². The van der Waals surface area contributed by atoms with Crippen molar-refractivity contribution in [3.05, 3.63) is 63.3 Å². The summed E-state index contributed by atoms with van der Waals surface area (Å²) < 4.78 is 15.7. The molecule has 0 radical (unpaired) electrons. The van der Waals surface area contributed by atoms with E-state index < -0.39 is 5.91 Å². The summed E-state index contributed by atoms with van der Waals surface area (Å²) in [6, 6.07) is 10.9. The van der Waals surface area contributed by atoms with Crippen LogP contribution in [0.3, 0.4) is 0 Å². The Morgan fingerprint density at radius 1 is 1.16 bits per heavy atom. The highest BCUT2D eigenvalue weighted by molar-refractivity contribution is 6.31. The number of nitrogen functional groups attached to an aromatic ring is 1. The molecule has 0 aliphatic heterocycles. The maximum atomic E-state index is 11.9. The van der Waals surface area contributed by atoms with Gasteiger partial charge in [0, 0.05) is 35.7 Å². The van der Waals surface area contributed by atoms with E-state index in [4.69, 9.17) is 38.4 Å². The lowest BCUT2D eigenvalue weighted by atomic mass is 10.2. The number of halogens is 2. The van der Waals surface area contributed by atoms with E-state index in [0.29, 0.717) is 47.8 Å². The number of nitrogens with two attached hydrogens (primary N) is 1. The Bertz CT molecular complexity index is 1040. The summed E-state index contributed by atoms with van der Waals surface area (Å²) in [7, 11) is 1.56. The number of nitrogens with one attached hydrogen (secondary N) is 2. The molecule has 0 aliphatic rings. The third-order valence-electron chi connectivity index (χ3n) is 4.25. The van der Waals surface area contributed by atoms with Crippen molar-refractivity contribution in [2.75, 3.05) is 25.9 Å². The van der Waals surface area contributed by atoms with Gasteiger partial charge in [-0.05, 0) is 39.6 Å². The number of ether oxygens (including phenoxy) is 2. The van der Waals surface area contributed by atoms with Crippen molar-refractivity contribution in [1.82, 2.24) is 20.9 Å². The second kappa shape index (κ2) is 10.9. The van der Waals surface area contributed by atoms with Gasteiger partial charge in [0.15, 0.2) is 11.5 Å². The molecule has 0 saturated carbocycles. The van der Waals surface area contributed by atoms with E-state index >= 15 is 0 Å². The van der Waals surface area contributed by atoms with Crippen molar-refractivity contribution in [2.45, 2.75) is 13.2 Å². The largest absolute Gasteiger partial charge is 0.493 e. The number of rotatable bonds is 10. The van der Waals surface area contributed by atoms with Crippen LogP contribution in [0.4, 0.5) is 5.82 Å². The molecule has 0 spiro atoms. The molecule has 1 heterocycles. The van der Waals surface area contributed by atoms with Crippen molar-refractivity contribution >= 4 is 34.9 Å². The molecule has 4 N–H and O–H groups in total. The minimum Gasteiger partial charge on any atom is -0.493 e. The van der Waals surface area contributed by atoms with Crippen LogP contribution in [0.5, 0.6) is 11.5 Å². The SMILES string of the molecule is COc1cc(CNCCNC(=O)c2nonc2N)c(Cl)cc1OCc1cccc(Cl)c1. The van der Waals surface area contributed by atoms with E-state index in [0.717, 1.165) is 11.1 Å². The Labute approximate surface area is 188 Å². The summed E-state index contributed by atoms with van der Waals surface area (Å²) >= 11 is 12.4. The predicted octanol–water partition coefficient (Wildman–Crippen LogP) is 3.07. The van der Waals surface area contributed by atoms with E-state index in [1.54, 1.807) is 19.2 Å². The fourth-order valence-corrected chi connectivity index (χ4v) is 3.13. The molecule has 11 heteroatoms. The van der Waals surface area contributed by atoms with Gasteiger partial charge in [0.1, 0.15) is 6.61 Å². The number of benzene rings is 2. The second-order valence-electron chi connectivity index (χ2n) is 6.44. The number of anilines is 1. The number of carbonyl (C=O) groups is 1. The molecule has 164 valence electrons. The zero-order chi connectivity index (χ0) is 22.2. The summed E-state index contributed by atoms with van der Waals surface area (Å²) in [4.78, 5) is 11.9. The maximum absolute atomic E-state index is 11.9. The first-order chi connectivity index (χ1) is 15.0. The molecule has 1 amide bonds. The Morgan fingerprint density at radius 2 is 2.00 bits per heavy atom. The van der Waals surface area contributed by atoms with Crippen LogP contribution in [0.25, 0.3) is 0 Å². The molecule has 9 nitrogen and oxygen atoms in total. The third kappa shape index (κ3) is 6.24. The molecule has 1 aromatic heterocycles. The average Bonchev–Trinajstić information content (AvgIpc) is 3.19. The summed E-state index contributed by atoms with van der Waals surface area (Å²) in [6.45, 7) is 1.63. The lowest BCUT2D eigenvalue weighted by molar-refractivity contribution is 0.0944. The molecule has 0 atom stereocenters. The predicted molar refractivity (Wildman–Crippen MR) is 117 cm³/mol. The fraction of sp³-hybridized carbons (Fsp3) is 0.250. The second-order valence-corrected chi connectivity index (χ2v) is 7.29. The zero-order valence-electron chi connectivity index (χ0n) is 16.7. The van der Waals surface area contributed by atoms with Crippen LogP contribution in [0.15, 0.2) is 41.0 Å². The number of nitrogens with zero attached hydrogens (tertiary/aromatic N) is 2. The van der Waals surface area contributed by atoms with E-state index in [-0.39, 0.29) is 11.5 Å². The summed E-state index contributed by atoms with van der Waals surface area (Å²) in [6.07, 6.45) is 0. The number of methoxy groups -OCH3 is 1. The summed E-state index contributed by atoms with van der Waals surface area (Å²) in [5.74, 6) is 0.580. The molecular weight excluding hydrogens is 445 g/mol. The minimum atomic E-state index is -0.457. The lowest BCUT2D eigenvalue weighted by Crippen LogP contribution is -2.32. The molecule has 0 saturated heterocycles. The van der Waals surface area contributed by atoms with Crippen LogP contribution >= 0.6 is 23.2 Å². The molecule has 0 aliphatic carbocycles. The number of hydrogen-bond acceptors (Lipinski definition) is 8. The monoisotopic (exact) mass is 465 g/mol. The van der Waals surface area contributed by atoms with Crippen LogP contribution in [0.1, 0.15) is 21.6 Å². The van der Waals surface area contributed by atoms with Gasteiger partial charge in [-0.25, -0.2) is 4.63 Å². The van der Waals surface area contributed by atoms with Gasteiger partial charge in [-0.1, -0.05) is 35.3 Å². The van der Waals surface area contributed by atoms with Crippen molar-refractivity contribution in [1.29, 1.82) is 0 Å². The average molecular weight is 466 g/mol. The number of carbonyl (C=O) groups excluding carboxylic acids is 1. The van der Waals surface area contributed by atoms with Crippen LogP contribution in [0.2, 0.25) is 10.0 Å². The van der Waals surface area contributed by atoms with Crippen molar-refractivity contribution < 1.29 is 18.9 Å². The highest BCUT2D eigenvalue weighted by Crippen LogP contribution is 2.34. The topological polar surface area (TPSA) is 125 Å². The van der Waals surface area contributed by atoms with Gasteiger partial charge in [-0.3, -0.25) is 4.79 Å². The van der Waals surface area contributed by atoms with Crippen molar-refractivity contribution in [3.8, 4) is 11.5 Å². The van der Waals surface area contributed by atoms with Crippen LogP contribution < -0.4 is 25.8 Å². The van der Waals surface area contributed by atoms with Crippen molar-refractivity contribution in [2.24, 2.45) is 0 Å². The highest BCUT2D eigenvalue weighted by Gasteiger charge is 2.15. The molecule has 0 unspecified atom stereocenters. The van der Waals surface area contributed by atoms with Crippen LogP contribution in [-0.4, -0.2) is 36.4 Å². The number of hydrogen-bond donors (Lipinski definition) is 3. The van der Waals surface area contributed by atoms with Gasteiger partial charge in [-0.15, -0.1) is 0 Å². The van der Waals surface area contributed by atoms with E-state index in [1.165, 1.54) is 0 Å². The van der Waals surface area contributed by atoms with Gasteiger partial charge in [0.05, 0.1) is 7.11 Å². The third-order valence-corrected chi connectivity index (χ3v) is 4.83. The standard InChI is InChI=1S/C20H21Cl2N5O4/c1-29-16-8-13(10-24-5-6-25-20(28)18-19(23)27-31-26-18)15(22)9-17(16)30-11-12-3-2-4-14(21)7-12/h2-4,7-9,24H,5-6,10-11H2,1H3,(H2,23,27)(H,25,28). The molecule has 31 heavy (non-hydrogen) atoms. The first-order valence-corrected chi connectivity index (χ1v) is 10.0. The Hall–Kier alpha value is -3.01. The van der Waals surface area contributed by atoms with Crippen molar-refractivity contribution in [3.63, 3.8) is 0 Å². The molecule has 3 aromatic rings. The summed E-state index contributed by atoms with van der Waals surface area (Å²) in [5, 5.41) is 13.8. The van der Waals surface area contributed by atoms with E-state index in [2.05, 4.69) is 25.6 Å². The number of aromatic nitrogens is 2. The lowest BCUT2D eigenvalue weighted by Gasteiger charge is -2.14. The van der Waals surface area contributed by atoms with E-state index in [1.807, 2.05) is 24.3 Å². The van der Waals surface area contributed by atoms with E-state index in [9.17, 15) is 4.79 Å².